The van der Waals surface area contributed by atoms with Gasteiger partial charge in [0, 0.05) is 10.8 Å². The number of rotatable bonds is 0. The molecule has 0 heterocycles. The van der Waals surface area contributed by atoms with Gasteiger partial charge in [0.25, 0.3) is 0 Å². The van der Waals surface area contributed by atoms with Crippen molar-refractivity contribution in [1.82, 2.24) is 0 Å². The Hall–Kier alpha value is 1.14. The molecule has 0 N–H and O–H groups in total. The van der Waals surface area contributed by atoms with E-state index in [2.05, 4.69) is 88.0 Å². The first-order valence-electron chi connectivity index (χ1n) is 7.18. The van der Waals surface area contributed by atoms with Gasteiger partial charge in [-0.15, -0.1) is 0 Å². The van der Waals surface area contributed by atoms with Crippen LogP contribution in [-0.2, 0) is 12.8 Å². The maximum absolute atomic E-state index is 4.08. The molecule has 0 bridgehead atoms. The molecule has 5 rings (SSSR count). The summed E-state index contributed by atoms with van der Waals surface area (Å²) in [6, 6.07) is 9.04. The van der Waals surface area contributed by atoms with Crippen molar-refractivity contribution in [2.45, 2.75) is 32.2 Å². The summed E-state index contributed by atoms with van der Waals surface area (Å²) in [5, 5.41) is 0. The van der Waals surface area contributed by atoms with E-state index < -0.39 is 0 Å². The molecular weight excluding hydrogens is 512 g/mol. The van der Waals surface area contributed by atoms with Crippen LogP contribution in [0.3, 0.4) is 0 Å². The Bertz CT molecular complexity index is 586. The summed E-state index contributed by atoms with van der Waals surface area (Å²) < 4.78 is 0.364. The van der Waals surface area contributed by atoms with Gasteiger partial charge in [-0.2, -0.15) is 0 Å². The van der Waals surface area contributed by atoms with Crippen LogP contribution in [0.4, 0.5) is 0 Å². The molecule has 0 amide bonds. The molecule has 4 unspecified atom stereocenters. The number of fused-ring (bicyclic) bond motifs is 2. The van der Waals surface area contributed by atoms with Crippen LogP contribution in [-0.4, -0.2) is 6.47 Å². The summed E-state index contributed by atoms with van der Waals surface area (Å²) in [5.74, 6) is 1.58. The van der Waals surface area contributed by atoms with Crippen molar-refractivity contribution in [2.24, 2.45) is 22.7 Å². The fourth-order valence-corrected chi connectivity index (χ4v) is 9.60. The normalized spacial score (nSPS) is 48.4. The van der Waals surface area contributed by atoms with Gasteiger partial charge >= 0.3 is 0 Å². The minimum absolute atomic E-state index is 0.141. The summed E-state index contributed by atoms with van der Waals surface area (Å²) in [5.41, 5.74) is 3.94. The molecule has 0 saturated heterocycles. The van der Waals surface area contributed by atoms with E-state index in [-0.39, 0.29) is 6.47 Å². The zero-order valence-corrected chi connectivity index (χ0v) is 17.1. The second-order valence-corrected chi connectivity index (χ2v) is 14.3. The third kappa shape index (κ3) is 1.24. The predicted molar refractivity (Wildman–Crippen MR) is 96.1 cm³/mol. The molecule has 0 aliphatic heterocycles. The van der Waals surface area contributed by atoms with E-state index in [0.717, 1.165) is 11.8 Å². The largest absolute Gasteiger partial charge is 0.0936 e. The van der Waals surface area contributed by atoms with E-state index >= 15 is 0 Å². The molecule has 3 fully saturated rings. The van der Waals surface area contributed by atoms with E-state index in [1.54, 1.807) is 11.1 Å². The molecule has 4 aliphatic rings. The lowest BCUT2D eigenvalue weighted by Crippen LogP contribution is -2.29. The highest BCUT2D eigenvalue weighted by atomic mass is 79.9. The van der Waals surface area contributed by atoms with Gasteiger partial charge in [0.2, 0.25) is 0 Å². The Morgan fingerprint density at radius 1 is 0.800 bits per heavy atom. The van der Waals surface area contributed by atoms with Gasteiger partial charge in [-0.3, -0.25) is 0 Å². The summed E-state index contributed by atoms with van der Waals surface area (Å²) in [6.45, 7) is 0. The van der Waals surface area contributed by atoms with Crippen molar-refractivity contribution in [3.05, 3.63) is 35.4 Å². The average molecular weight is 526 g/mol. The summed E-state index contributed by atoms with van der Waals surface area (Å²) in [7, 11) is 0. The van der Waals surface area contributed by atoms with E-state index in [0.29, 0.717) is 10.8 Å². The van der Waals surface area contributed by atoms with Crippen molar-refractivity contribution >= 4 is 63.7 Å². The van der Waals surface area contributed by atoms with Crippen LogP contribution in [0.1, 0.15) is 24.0 Å². The topological polar surface area (TPSA) is 0 Å². The zero-order chi connectivity index (χ0) is 14.0. The Labute approximate surface area is 153 Å². The van der Waals surface area contributed by atoms with Crippen LogP contribution in [0.25, 0.3) is 0 Å². The quantitative estimate of drug-likeness (QED) is 0.377. The molecule has 0 spiro atoms. The van der Waals surface area contributed by atoms with Crippen LogP contribution >= 0.6 is 63.7 Å². The van der Waals surface area contributed by atoms with Crippen LogP contribution in [0.5, 0.6) is 0 Å². The van der Waals surface area contributed by atoms with Gasteiger partial charge in [0.15, 0.2) is 0 Å². The monoisotopic (exact) mass is 522 g/mol. The van der Waals surface area contributed by atoms with Crippen molar-refractivity contribution in [3.8, 4) is 0 Å². The summed E-state index contributed by atoms with van der Waals surface area (Å²) in [4.78, 5) is 0. The van der Waals surface area contributed by atoms with E-state index in [9.17, 15) is 0 Å². The maximum Gasteiger partial charge on any atom is 0.0936 e. The Morgan fingerprint density at radius 2 is 1.25 bits per heavy atom. The molecular formula is C16H14Br4. The number of benzene rings is 1. The standard InChI is InChI=1S/C16H14Br4/c17-15(18)11-7-13-5-9-3-1-2-4-10(9)6-14(13,8-12(11)15)16(13,19)20/h1-4,11-12H,5-8H2. The molecule has 4 heteroatoms. The summed E-state index contributed by atoms with van der Waals surface area (Å²) >= 11 is 16.0. The number of alkyl halides is 4. The second-order valence-electron chi connectivity index (χ2n) is 7.16. The molecule has 3 saturated carbocycles. The highest BCUT2D eigenvalue weighted by Gasteiger charge is 2.90. The Kier molecular flexibility index (Phi) is 2.46. The molecule has 1 aromatic carbocycles. The Balaban J connectivity index is 1.64. The molecule has 4 atom stereocenters. The van der Waals surface area contributed by atoms with Crippen molar-refractivity contribution in [3.63, 3.8) is 0 Å². The number of hydrogen-bond donors (Lipinski definition) is 0. The van der Waals surface area contributed by atoms with Gasteiger partial charge in [0.05, 0.1) is 6.47 Å². The van der Waals surface area contributed by atoms with Gasteiger partial charge < -0.3 is 0 Å². The van der Waals surface area contributed by atoms with Gasteiger partial charge in [0.1, 0.15) is 0 Å². The first kappa shape index (κ1) is 13.6. The average Bonchev–Trinajstić information content (AvgIpc) is 3.09. The van der Waals surface area contributed by atoms with Crippen molar-refractivity contribution in [2.75, 3.05) is 0 Å². The maximum atomic E-state index is 4.08. The highest BCUT2D eigenvalue weighted by Crippen LogP contribution is 2.93. The van der Waals surface area contributed by atoms with Crippen molar-refractivity contribution < 1.29 is 0 Å². The van der Waals surface area contributed by atoms with E-state index in [1.807, 2.05) is 0 Å². The third-order valence-electron chi connectivity index (χ3n) is 6.66. The van der Waals surface area contributed by atoms with Crippen LogP contribution in [0.2, 0.25) is 0 Å². The molecule has 0 aromatic heterocycles. The minimum Gasteiger partial charge on any atom is -0.0721 e. The molecule has 106 valence electrons. The molecule has 0 nitrogen and oxygen atoms in total. The smallest absolute Gasteiger partial charge is 0.0721 e. The molecule has 0 radical (unpaired) electrons. The van der Waals surface area contributed by atoms with Crippen LogP contribution < -0.4 is 0 Å². The second kappa shape index (κ2) is 3.62. The fraction of sp³-hybridized carbons (Fsp3) is 0.625. The lowest BCUT2D eigenvalue weighted by molar-refractivity contribution is 0.211. The number of halogens is 4. The minimum atomic E-state index is 0.141. The van der Waals surface area contributed by atoms with Gasteiger partial charge in [-0.1, -0.05) is 88.0 Å². The van der Waals surface area contributed by atoms with E-state index in [4.69, 9.17) is 0 Å². The number of hydrogen-bond acceptors (Lipinski definition) is 0. The molecule has 1 aromatic rings. The first-order chi connectivity index (χ1) is 9.36. The van der Waals surface area contributed by atoms with Crippen LogP contribution in [0, 0.1) is 22.7 Å². The lowest BCUT2D eigenvalue weighted by atomic mass is 9.69. The van der Waals surface area contributed by atoms with Gasteiger partial charge in [-0.05, 0) is 48.6 Å². The SMILES string of the molecule is BrC1(Br)C2CC34Cc5ccccc5CC3(CC21)C4(Br)Br. The van der Waals surface area contributed by atoms with E-state index in [1.165, 1.54) is 25.7 Å². The Morgan fingerprint density at radius 3 is 1.70 bits per heavy atom. The highest BCUT2D eigenvalue weighted by molar-refractivity contribution is 9.26. The predicted octanol–water partition coefficient (Wildman–Crippen LogP) is 5.78. The molecule has 4 aliphatic carbocycles. The van der Waals surface area contributed by atoms with Crippen molar-refractivity contribution in [1.29, 1.82) is 0 Å². The van der Waals surface area contributed by atoms with Gasteiger partial charge in [-0.25, -0.2) is 0 Å². The third-order valence-corrected chi connectivity index (χ3v) is 12.0. The molecule has 20 heavy (non-hydrogen) atoms. The van der Waals surface area contributed by atoms with Crippen LogP contribution in [0.15, 0.2) is 24.3 Å². The zero-order valence-electron chi connectivity index (χ0n) is 10.8. The lowest BCUT2D eigenvalue weighted by Gasteiger charge is -2.34. The first-order valence-corrected chi connectivity index (χ1v) is 10.4. The fourth-order valence-electron chi connectivity index (χ4n) is 5.41. The summed E-state index contributed by atoms with van der Waals surface area (Å²) in [6.07, 6.45) is 5.08.